The number of carbonyl (C=O) groups excluding carboxylic acids is 1. The molecule has 0 fully saturated rings. The Morgan fingerprint density at radius 3 is 2.82 bits per heavy atom. The van der Waals surface area contributed by atoms with Crippen LogP contribution < -0.4 is 4.74 Å². The van der Waals surface area contributed by atoms with Crippen molar-refractivity contribution in [2.24, 2.45) is 0 Å². The average molecular weight is 485 g/mol. The average Bonchev–Trinajstić information content (AvgIpc) is 3.11. The summed E-state index contributed by atoms with van der Waals surface area (Å²) >= 11 is 10.9. The molecule has 8 heteroatoms. The SMILES string of the molecule is CCOC(=O)c1csc(Cc2cc(Br)ccc2OCc2ccc(F)cc2Cl)n1. The largest absolute Gasteiger partial charge is 0.489 e. The van der Waals surface area contributed by atoms with E-state index in [1.54, 1.807) is 18.4 Å². The number of hydrogen-bond acceptors (Lipinski definition) is 5. The fourth-order valence-electron chi connectivity index (χ4n) is 2.48. The molecule has 28 heavy (non-hydrogen) atoms. The van der Waals surface area contributed by atoms with Gasteiger partial charge in [0.05, 0.1) is 16.6 Å². The minimum atomic E-state index is -0.429. The Bertz CT molecular complexity index is 995. The van der Waals surface area contributed by atoms with Crippen LogP contribution in [0.5, 0.6) is 5.75 Å². The van der Waals surface area contributed by atoms with E-state index in [4.69, 9.17) is 21.1 Å². The van der Waals surface area contributed by atoms with E-state index in [1.807, 2.05) is 18.2 Å². The van der Waals surface area contributed by atoms with E-state index in [-0.39, 0.29) is 12.4 Å². The standard InChI is InChI=1S/C20H16BrClFNO3S/c1-2-26-20(25)17-11-28-19(24-17)8-13-7-14(21)4-6-18(13)27-10-12-3-5-15(23)9-16(12)22/h3-7,9,11H,2,8,10H2,1H3. The molecule has 0 radical (unpaired) electrons. The molecule has 1 heterocycles. The third kappa shape index (κ3) is 5.31. The Balaban J connectivity index is 1.76. The van der Waals surface area contributed by atoms with Crippen LogP contribution in [-0.4, -0.2) is 17.6 Å². The molecule has 0 amide bonds. The first-order valence-corrected chi connectivity index (χ1v) is 10.5. The fraction of sp³-hybridized carbons (Fsp3) is 0.200. The second kappa shape index (κ2) is 9.49. The van der Waals surface area contributed by atoms with E-state index in [9.17, 15) is 9.18 Å². The summed E-state index contributed by atoms with van der Waals surface area (Å²) in [6, 6.07) is 9.86. The van der Waals surface area contributed by atoms with Gasteiger partial charge in [-0.05, 0) is 37.3 Å². The van der Waals surface area contributed by atoms with Crippen LogP contribution >= 0.6 is 38.9 Å². The smallest absolute Gasteiger partial charge is 0.357 e. The molecular formula is C20H16BrClFNO3S. The lowest BCUT2D eigenvalue weighted by molar-refractivity contribution is 0.0520. The highest BCUT2D eigenvalue weighted by atomic mass is 79.9. The van der Waals surface area contributed by atoms with E-state index in [0.717, 1.165) is 15.0 Å². The molecule has 4 nitrogen and oxygen atoms in total. The van der Waals surface area contributed by atoms with Crippen LogP contribution in [0.4, 0.5) is 4.39 Å². The van der Waals surface area contributed by atoms with Gasteiger partial charge in [0, 0.05) is 27.4 Å². The lowest BCUT2D eigenvalue weighted by Crippen LogP contribution is -2.05. The van der Waals surface area contributed by atoms with Gasteiger partial charge in [0.2, 0.25) is 0 Å². The van der Waals surface area contributed by atoms with Crippen LogP contribution in [0.1, 0.15) is 33.5 Å². The molecule has 0 aliphatic rings. The molecule has 0 saturated heterocycles. The fourth-order valence-corrected chi connectivity index (χ4v) is 3.89. The van der Waals surface area contributed by atoms with Crippen LogP contribution in [0, 0.1) is 5.82 Å². The van der Waals surface area contributed by atoms with Gasteiger partial charge in [0.1, 0.15) is 18.2 Å². The van der Waals surface area contributed by atoms with Crippen molar-refractivity contribution >= 4 is 44.8 Å². The monoisotopic (exact) mass is 483 g/mol. The Morgan fingerprint density at radius 1 is 1.25 bits per heavy atom. The zero-order valence-electron chi connectivity index (χ0n) is 14.9. The van der Waals surface area contributed by atoms with Crippen molar-refractivity contribution in [3.05, 3.63) is 78.9 Å². The number of aromatic nitrogens is 1. The normalized spacial score (nSPS) is 10.7. The highest BCUT2D eigenvalue weighted by Gasteiger charge is 2.14. The number of nitrogens with zero attached hydrogens (tertiary/aromatic N) is 1. The van der Waals surface area contributed by atoms with Gasteiger partial charge in [0.25, 0.3) is 0 Å². The maximum Gasteiger partial charge on any atom is 0.357 e. The van der Waals surface area contributed by atoms with Crippen molar-refractivity contribution in [3.8, 4) is 5.75 Å². The number of thiazole rings is 1. The van der Waals surface area contributed by atoms with Crippen LogP contribution in [0.3, 0.4) is 0 Å². The van der Waals surface area contributed by atoms with Gasteiger partial charge in [-0.25, -0.2) is 14.2 Å². The number of rotatable bonds is 7. The second-order valence-electron chi connectivity index (χ2n) is 5.80. The summed E-state index contributed by atoms with van der Waals surface area (Å²) in [4.78, 5) is 16.1. The summed E-state index contributed by atoms with van der Waals surface area (Å²) in [5.74, 6) is -0.155. The first-order chi connectivity index (χ1) is 13.5. The van der Waals surface area contributed by atoms with Crippen molar-refractivity contribution < 1.29 is 18.7 Å². The molecule has 0 atom stereocenters. The number of hydrogen-bond donors (Lipinski definition) is 0. The van der Waals surface area contributed by atoms with Crippen LogP contribution in [0.15, 0.2) is 46.3 Å². The summed E-state index contributed by atoms with van der Waals surface area (Å²) < 4.78 is 25.0. The van der Waals surface area contributed by atoms with E-state index in [0.29, 0.717) is 35.1 Å². The quantitative estimate of drug-likeness (QED) is 0.383. The molecule has 1 aromatic heterocycles. The summed E-state index contributed by atoms with van der Waals surface area (Å²) in [7, 11) is 0. The number of esters is 1. The minimum Gasteiger partial charge on any atom is -0.489 e. The van der Waals surface area contributed by atoms with Gasteiger partial charge in [-0.15, -0.1) is 11.3 Å². The number of carbonyl (C=O) groups is 1. The molecule has 0 N–H and O–H groups in total. The van der Waals surface area contributed by atoms with Gasteiger partial charge < -0.3 is 9.47 Å². The molecule has 3 rings (SSSR count). The molecule has 0 aliphatic carbocycles. The predicted octanol–water partition coefficient (Wildman–Crippen LogP) is 6.04. The molecular weight excluding hydrogens is 469 g/mol. The third-order valence-electron chi connectivity index (χ3n) is 3.80. The first kappa shape index (κ1) is 20.8. The second-order valence-corrected chi connectivity index (χ2v) is 8.07. The summed E-state index contributed by atoms with van der Waals surface area (Å²) in [6.45, 7) is 2.27. The summed E-state index contributed by atoms with van der Waals surface area (Å²) in [5, 5.41) is 2.77. The number of benzene rings is 2. The van der Waals surface area contributed by atoms with Crippen molar-refractivity contribution in [3.63, 3.8) is 0 Å². The summed E-state index contributed by atoms with van der Waals surface area (Å²) in [6.07, 6.45) is 0.496. The number of ether oxygens (including phenoxy) is 2. The molecule has 0 saturated carbocycles. The lowest BCUT2D eigenvalue weighted by Gasteiger charge is -2.12. The molecule has 2 aromatic carbocycles. The maximum absolute atomic E-state index is 13.2. The highest BCUT2D eigenvalue weighted by molar-refractivity contribution is 9.10. The third-order valence-corrected chi connectivity index (χ3v) is 5.49. The summed E-state index contributed by atoms with van der Waals surface area (Å²) in [5.41, 5.74) is 1.89. The van der Waals surface area contributed by atoms with Crippen molar-refractivity contribution in [1.82, 2.24) is 4.98 Å². The molecule has 3 aromatic rings. The van der Waals surface area contributed by atoms with E-state index in [1.165, 1.54) is 23.5 Å². The topological polar surface area (TPSA) is 48.4 Å². The van der Waals surface area contributed by atoms with Crippen molar-refractivity contribution in [1.29, 1.82) is 0 Å². The first-order valence-electron chi connectivity index (χ1n) is 8.43. The molecule has 0 spiro atoms. The van der Waals surface area contributed by atoms with Gasteiger partial charge >= 0.3 is 5.97 Å². The Hall–Kier alpha value is -1.96. The molecule has 0 aliphatic heterocycles. The van der Waals surface area contributed by atoms with Crippen molar-refractivity contribution in [2.75, 3.05) is 6.61 Å². The van der Waals surface area contributed by atoms with E-state index < -0.39 is 5.97 Å². The lowest BCUT2D eigenvalue weighted by atomic mass is 10.1. The van der Waals surface area contributed by atoms with Gasteiger partial charge in [-0.1, -0.05) is 33.6 Å². The molecule has 146 valence electrons. The Morgan fingerprint density at radius 2 is 2.07 bits per heavy atom. The molecule has 0 unspecified atom stereocenters. The predicted molar refractivity (Wildman–Crippen MR) is 111 cm³/mol. The maximum atomic E-state index is 13.2. The van der Waals surface area contributed by atoms with Crippen LogP contribution in [-0.2, 0) is 17.8 Å². The Kier molecular flexibility index (Phi) is 7.04. The van der Waals surface area contributed by atoms with Crippen LogP contribution in [0.2, 0.25) is 5.02 Å². The van der Waals surface area contributed by atoms with Gasteiger partial charge in [-0.3, -0.25) is 0 Å². The number of halogens is 3. The minimum absolute atomic E-state index is 0.208. The van der Waals surface area contributed by atoms with Gasteiger partial charge in [0.15, 0.2) is 5.69 Å². The van der Waals surface area contributed by atoms with E-state index in [2.05, 4.69) is 20.9 Å². The highest BCUT2D eigenvalue weighted by Crippen LogP contribution is 2.28. The zero-order chi connectivity index (χ0) is 20.1. The van der Waals surface area contributed by atoms with Gasteiger partial charge in [-0.2, -0.15) is 0 Å². The van der Waals surface area contributed by atoms with Crippen LogP contribution in [0.25, 0.3) is 0 Å². The van der Waals surface area contributed by atoms with Crippen molar-refractivity contribution in [2.45, 2.75) is 20.0 Å². The molecule has 0 bridgehead atoms. The van der Waals surface area contributed by atoms with E-state index >= 15 is 0 Å². The Labute approximate surface area is 179 Å². The zero-order valence-corrected chi connectivity index (χ0v) is 18.0.